The Hall–Kier alpha value is -3.30. The molecule has 2 aromatic rings. The number of carboxylic acids is 1. The number of aliphatic hydroxyl groups excluding tert-OH is 1. The predicted molar refractivity (Wildman–Crippen MR) is 123 cm³/mol. The number of ether oxygens (including phenoxy) is 1. The molecule has 1 aliphatic rings. The number of urea groups is 1. The third kappa shape index (κ3) is 5.37. The van der Waals surface area contributed by atoms with Crippen LogP contribution < -0.4 is 15.0 Å². The summed E-state index contributed by atoms with van der Waals surface area (Å²) in [6.45, 7) is 3.66. The molecule has 33 heavy (non-hydrogen) atoms. The topological polar surface area (TPSA) is 119 Å². The number of carbonyl (C=O) groups is 3. The standard InChI is InChI=1S/C23H26ClN3O6/c1-3-33-16-8-9-17(18(24)10-16)21(29)27-11-14(2)26(12-15-6-4-5-7-20(15)27)23(32)25-19(13-28)22(30)31/h4-10,14,19,28H,3,11-13H2,1-2H3,(H,25,32)(H,30,31)/t14-,19?/m1/s1. The van der Waals surface area contributed by atoms with Crippen LogP contribution in [0.25, 0.3) is 0 Å². The maximum absolute atomic E-state index is 13.5. The van der Waals surface area contributed by atoms with Gasteiger partial charge in [-0.1, -0.05) is 29.8 Å². The summed E-state index contributed by atoms with van der Waals surface area (Å²) in [4.78, 5) is 40.6. The first-order valence-electron chi connectivity index (χ1n) is 10.5. The Labute approximate surface area is 196 Å². The fourth-order valence-corrected chi connectivity index (χ4v) is 3.91. The van der Waals surface area contributed by atoms with Gasteiger partial charge in [-0.2, -0.15) is 0 Å². The molecule has 9 nitrogen and oxygen atoms in total. The minimum atomic E-state index is -1.43. The second-order valence-electron chi connectivity index (χ2n) is 7.62. The highest BCUT2D eigenvalue weighted by Crippen LogP contribution is 2.31. The molecule has 0 fully saturated rings. The summed E-state index contributed by atoms with van der Waals surface area (Å²) in [5, 5.41) is 21.0. The van der Waals surface area contributed by atoms with Crippen LogP contribution in [0.15, 0.2) is 42.5 Å². The number of hydrogen-bond donors (Lipinski definition) is 3. The molecule has 0 aromatic heterocycles. The number of carboxylic acid groups (broad SMARTS) is 1. The summed E-state index contributed by atoms with van der Waals surface area (Å²) in [5.41, 5.74) is 1.64. The van der Waals surface area contributed by atoms with Gasteiger partial charge in [-0.05, 0) is 43.7 Å². The molecule has 0 radical (unpaired) electrons. The van der Waals surface area contributed by atoms with Crippen molar-refractivity contribution in [3.05, 3.63) is 58.6 Å². The summed E-state index contributed by atoms with van der Waals surface area (Å²) in [5.74, 6) is -1.11. The van der Waals surface area contributed by atoms with E-state index in [2.05, 4.69) is 5.32 Å². The highest BCUT2D eigenvalue weighted by atomic mass is 35.5. The highest BCUT2D eigenvalue weighted by Gasteiger charge is 2.33. The van der Waals surface area contributed by atoms with Gasteiger partial charge < -0.3 is 30.1 Å². The normalized spacial score (nSPS) is 16.4. The molecule has 2 aromatic carbocycles. The monoisotopic (exact) mass is 475 g/mol. The Balaban J connectivity index is 1.92. The van der Waals surface area contributed by atoms with E-state index in [0.717, 1.165) is 0 Å². The number of carbonyl (C=O) groups excluding carboxylic acids is 2. The number of nitrogens with zero attached hydrogens (tertiary/aromatic N) is 2. The number of anilines is 1. The smallest absolute Gasteiger partial charge is 0.328 e. The number of fused-ring (bicyclic) bond motifs is 1. The van der Waals surface area contributed by atoms with Gasteiger partial charge in [0.15, 0.2) is 6.04 Å². The lowest BCUT2D eigenvalue weighted by Gasteiger charge is -2.30. The van der Waals surface area contributed by atoms with E-state index in [1.807, 2.05) is 6.92 Å². The predicted octanol–water partition coefficient (Wildman–Crippen LogP) is 2.74. The number of halogens is 1. The fraction of sp³-hybridized carbons (Fsp3) is 0.348. The van der Waals surface area contributed by atoms with Crippen molar-refractivity contribution in [1.29, 1.82) is 0 Å². The van der Waals surface area contributed by atoms with Crippen molar-refractivity contribution in [3.63, 3.8) is 0 Å². The molecule has 1 heterocycles. The average molecular weight is 476 g/mol. The third-order valence-corrected chi connectivity index (χ3v) is 5.68. The molecule has 176 valence electrons. The van der Waals surface area contributed by atoms with Crippen LogP contribution in [0.4, 0.5) is 10.5 Å². The summed E-state index contributed by atoms with van der Waals surface area (Å²) < 4.78 is 5.44. The van der Waals surface area contributed by atoms with Crippen molar-refractivity contribution in [2.75, 3.05) is 24.7 Å². The third-order valence-electron chi connectivity index (χ3n) is 5.37. The molecule has 0 bridgehead atoms. The quantitative estimate of drug-likeness (QED) is 0.591. The second kappa shape index (κ2) is 10.5. The molecule has 0 aliphatic carbocycles. The summed E-state index contributed by atoms with van der Waals surface area (Å²) in [6, 6.07) is 9.52. The van der Waals surface area contributed by atoms with Gasteiger partial charge in [0, 0.05) is 24.8 Å². The van der Waals surface area contributed by atoms with E-state index in [9.17, 15) is 19.5 Å². The summed E-state index contributed by atoms with van der Waals surface area (Å²) in [7, 11) is 0. The molecule has 3 N–H and O–H groups in total. The van der Waals surface area contributed by atoms with Gasteiger partial charge in [0.25, 0.3) is 5.91 Å². The molecule has 0 saturated carbocycles. The van der Waals surface area contributed by atoms with E-state index < -0.39 is 30.7 Å². The van der Waals surface area contributed by atoms with Gasteiger partial charge in [0.2, 0.25) is 0 Å². The van der Waals surface area contributed by atoms with Crippen LogP contribution in [-0.2, 0) is 11.3 Å². The van der Waals surface area contributed by atoms with Gasteiger partial charge in [-0.25, -0.2) is 9.59 Å². The molecule has 1 aliphatic heterocycles. The molecular formula is C23H26ClN3O6. The zero-order valence-electron chi connectivity index (χ0n) is 18.3. The van der Waals surface area contributed by atoms with Crippen LogP contribution in [0, 0.1) is 0 Å². The van der Waals surface area contributed by atoms with E-state index >= 15 is 0 Å². The van der Waals surface area contributed by atoms with Crippen LogP contribution in [-0.4, -0.2) is 64.9 Å². The van der Waals surface area contributed by atoms with Crippen molar-refractivity contribution >= 4 is 35.2 Å². The molecule has 0 saturated heterocycles. The summed E-state index contributed by atoms with van der Waals surface area (Å²) >= 11 is 6.38. The minimum Gasteiger partial charge on any atom is -0.494 e. The van der Waals surface area contributed by atoms with Crippen molar-refractivity contribution in [2.24, 2.45) is 0 Å². The lowest BCUT2D eigenvalue weighted by molar-refractivity contribution is -0.140. The lowest BCUT2D eigenvalue weighted by atomic mass is 10.1. The largest absolute Gasteiger partial charge is 0.494 e. The number of nitrogens with one attached hydrogen (secondary N) is 1. The van der Waals surface area contributed by atoms with Crippen molar-refractivity contribution in [3.8, 4) is 5.75 Å². The molecule has 1 unspecified atom stereocenters. The first-order valence-corrected chi connectivity index (χ1v) is 10.9. The highest BCUT2D eigenvalue weighted by molar-refractivity contribution is 6.34. The Bertz CT molecular complexity index is 1050. The van der Waals surface area contributed by atoms with Crippen molar-refractivity contribution in [2.45, 2.75) is 32.5 Å². The number of hydrogen-bond acceptors (Lipinski definition) is 5. The Morgan fingerprint density at radius 3 is 2.61 bits per heavy atom. The maximum Gasteiger partial charge on any atom is 0.328 e. The summed E-state index contributed by atoms with van der Waals surface area (Å²) in [6.07, 6.45) is 0. The molecule has 3 amide bonds. The minimum absolute atomic E-state index is 0.154. The number of aliphatic hydroxyl groups is 1. The van der Waals surface area contributed by atoms with Crippen molar-refractivity contribution in [1.82, 2.24) is 10.2 Å². The van der Waals surface area contributed by atoms with Crippen molar-refractivity contribution < 1.29 is 29.3 Å². The van der Waals surface area contributed by atoms with Crippen LogP contribution in [0.3, 0.4) is 0 Å². The average Bonchev–Trinajstić information content (AvgIpc) is 2.93. The lowest BCUT2D eigenvalue weighted by Crippen LogP contribution is -2.53. The first kappa shape index (κ1) is 24.3. The molecule has 0 spiro atoms. The second-order valence-corrected chi connectivity index (χ2v) is 8.03. The van der Waals surface area contributed by atoms with Gasteiger partial charge >= 0.3 is 12.0 Å². The van der Waals surface area contributed by atoms with Gasteiger partial charge in [-0.15, -0.1) is 0 Å². The molecule has 3 rings (SSSR count). The van der Waals surface area contributed by atoms with E-state index in [0.29, 0.717) is 29.2 Å². The van der Waals surface area contributed by atoms with Gasteiger partial charge in [0.05, 0.1) is 23.8 Å². The Kier molecular flexibility index (Phi) is 7.78. The number of aliphatic carboxylic acids is 1. The fourth-order valence-electron chi connectivity index (χ4n) is 3.66. The first-order chi connectivity index (χ1) is 15.8. The molecule has 10 heteroatoms. The maximum atomic E-state index is 13.5. The SMILES string of the molecule is CCOc1ccc(C(=O)N2C[C@@H](C)N(C(=O)NC(CO)C(=O)O)Cc3ccccc32)c(Cl)c1. The van der Waals surface area contributed by atoms with E-state index in [1.54, 1.807) is 54.3 Å². The number of benzene rings is 2. The zero-order chi connectivity index (χ0) is 24.1. The van der Waals surface area contributed by atoms with E-state index in [4.69, 9.17) is 21.4 Å². The van der Waals surface area contributed by atoms with Gasteiger partial charge in [0.1, 0.15) is 5.75 Å². The molecular weight excluding hydrogens is 450 g/mol. The van der Waals surface area contributed by atoms with E-state index in [1.165, 1.54) is 4.90 Å². The number of para-hydroxylation sites is 1. The Morgan fingerprint density at radius 1 is 1.24 bits per heavy atom. The van der Waals surface area contributed by atoms with Crippen LogP contribution >= 0.6 is 11.6 Å². The van der Waals surface area contributed by atoms with Crippen LogP contribution in [0.5, 0.6) is 5.75 Å². The van der Waals surface area contributed by atoms with Crippen LogP contribution in [0.2, 0.25) is 5.02 Å². The number of rotatable bonds is 6. The van der Waals surface area contributed by atoms with Gasteiger partial charge in [-0.3, -0.25) is 4.79 Å². The van der Waals surface area contributed by atoms with E-state index in [-0.39, 0.29) is 24.0 Å². The zero-order valence-corrected chi connectivity index (χ0v) is 19.1. The Morgan fingerprint density at radius 2 is 1.97 bits per heavy atom. The number of amides is 3. The van der Waals surface area contributed by atoms with Crippen LogP contribution in [0.1, 0.15) is 29.8 Å². The molecule has 2 atom stereocenters.